The first-order valence-electron chi connectivity index (χ1n) is 4.51. The summed E-state index contributed by atoms with van der Waals surface area (Å²) in [5.41, 5.74) is 7.09. The number of hydrogen-bond donors (Lipinski definition) is 1. The van der Waals surface area contributed by atoms with Crippen molar-refractivity contribution in [3.8, 4) is 0 Å². The lowest BCUT2D eigenvalue weighted by molar-refractivity contribution is 0.206. The third-order valence-corrected chi connectivity index (χ3v) is 2.94. The van der Waals surface area contributed by atoms with Crippen molar-refractivity contribution in [3.05, 3.63) is 21.5 Å². The zero-order valence-corrected chi connectivity index (χ0v) is 10.9. The van der Waals surface area contributed by atoms with Gasteiger partial charge >= 0.3 is 0 Å². The Balaban J connectivity index is 2.88. The van der Waals surface area contributed by atoms with Crippen LogP contribution in [-0.4, -0.2) is 27.3 Å². The van der Waals surface area contributed by atoms with Gasteiger partial charge in [0.2, 0.25) is 0 Å². The molecule has 0 saturated heterocycles. The van der Waals surface area contributed by atoms with Gasteiger partial charge in [-0.25, -0.2) is 4.39 Å². The van der Waals surface area contributed by atoms with Crippen molar-refractivity contribution in [2.24, 2.45) is 0 Å². The van der Waals surface area contributed by atoms with E-state index < -0.39 is 0 Å². The SMILES string of the molecule is COCCN(C)c1cc(F)c(I)cc1N. The Morgan fingerprint density at radius 2 is 2.20 bits per heavy atom. The van der Waals surface area contributed by atoms with Gasteiger partial charge in [-0.1, -0.05) is 0 Å². The maximum atomic E-state index is 13.3. The molecule has 0 saturated carbocycles. The zero-order valence-electron chi connectivity index (χ0n) is 8.76. The molecule has 0 heterocycles. The molecule has 15 heavy (non-hydrogen) atoms. The van der Waals surface area contributed by atoms with Crippen LogP contribution in [0.4, 0.5) is 15.8 Å². The second-order valence-corrected chi connectivity index (χ2v) is 4.40. The summed E-state index contributed by atoms with van der Waals surface area (Å²) in [4.78, 5) is 1.87. The number of halogens is 2. The molecule has 0 spiro atoms. The third kappa shape index (κ3) is 3.20. The van der Waals surface area contributed by atoms with E-state index in [1.54, 1.807) is 13.2 Å². The topological polar surface area (TPSA) is 38.5 Å². The molecular formula is C10H14FIN2O. The Morgan fingerprint density at radius 3 is 2.80 bits per heavy atom. The van der Waals surface area contributed by atoms with Crippen molar-refractivity contribution in [2.45, 2.75) is 0 Å². The van der Waals surface area contributed by atoms with Gasteiger partial charge in [-0.15, -0.1) is 0 Å². The molecule has 0 amide bonds. The summed E-state index contributed by atoms with van der Waals surface area (Å²) >= 11 is 1.92. The molecular weight excluding hydrogens is 310 g/mol. The summed E-state index contributed by atoms with van der Waals surface area (Å²) in [5.74, 6) is -0.246. The average Bonchev–Trinajstić information content (AvgIpc) is 2.20. The van der Waals surface area contributed by atoms with E-state index in [1.807, 2.05) is 34.5 Å². The van der Waals surface area contributed by atoms with Gasteiger partial charge in [0.15, 0.2) is 0 Å². The lowest BCUT2D eigenvalue weighted by atomic mass is 10.2. The first-order chi connectivity index (χ1) is 7.06. The number of nitrogens with zero attached hydrogens (tertiary/aromatic N) is 1. The highest BCUT2D eigenvalue weighted by Crippen LogP contribution is 2.26. The van der Waals surface area contributed by atoms with Crippen molar-refractivity contribution < 1.29 is 9.13 Å². The fraction of sp³-hybridized carbons (Fsp3) is 0.400. The molecule has 0 aliphatic carbocycles. The molecule has 0 fully saturated rings. The van der Waals surface area contributed by atoms with Crippen molar-refractivity contribution >= 4 is 34.0 Å². The van der Waals surface area contributed by atoms with E-state index in [0.29, 0.717) is 28.1 Å². The molecule has 0 aliphatic rings. The van der Waals surface area contributed by atoms with E-state index in [9.17, 15) is 4.39 Å². The minimum absolute atomic E-state index is 0.246. The molecule has 2 N–H and O–H groups in total. The highest BCUT2D eigenvalue weighted by Gasteiger charge is 2.09. The standard InChI is InChI=1S/C10H14FIN2O/c1-14(3-4-15-2)10-5-7(11)8(12)6-9(10)13/h5-6H,3-4,13H2,1-2H3. The van der Waals surface area contributed by atoms with E-state index in [-0.39, 0.29) is 5.82 Å². The highest BCUT2D eigenvalue weighted by molar-refractivity contribution is 14.1. The van der Waals surface area contributed by atoms with Gasteiger partial charge in [0.1, 0.15) is 5.82 Å². The van der Waals surface area contributed by atoms with Gasteiger partial charge in [0.05, 0.1) is 21.6 Å². The number of benzene rings is 1. The quantitative estimate of drug-likeness (QED) is 0.681. The molecule has 1 aromatic rings. The van der Waals surface area contributed by atoms with Gasteiger partial charge < -0.3 is 15.4 Å². The molecule has 0 atom stereocenters. The Bertz CT molecular complexity index is 346. The smallest absolute Gasteiger partial charge is 0.138 e. The summed E-state index contributed by atoms with van der Waals surface area (Å²) in [7, 11) is 3.49. The predicted octanol–water partition coefficient (Wildman–Crippen LogP) is 2.10. The van der Waals surface area contributed by atoms with Crippen molar-refractivity contribution in [3.63, 3.8) is 0 Å². The van der Waals surface area contributed by atoms with Crippen LogP contribution >= 0.6 is 22.6 Å². The fourth-order valence-corrected chi connectivity index (χ4v) is 1.72. The lowest BCUT2D eigenvalue weighted by Crippen LogP contribution is -2.23. The van der Waals surface area contributed by atoms with Gasteiger partial charge in [0.25, 0.3) is 0 Å². The summed E-state index contributed by atoms with van der Waals surface area (Å²) in [5, 5.41) is 0. The summed E-state index contributed by atoms with van der Waals surface area (Å²) in [6.45, 7) is 1.27. The minimum Gasteiger partial charge on any atom is -0.397 e. The van der Waals surface area contributed by atoms with E-state index in [0.717, 1.165) is 0 Å². The maximum Gasteiger partial charge on any atom is 0.138 e. The Labute approximate surface area is 103 Å². The van der Waals surface area contributed by atoms with Crippen LogP contribution in [-0.2, 0) is 4.74 Å². The van der Waals surface area contributed by atoms with Gasteiger partial charge in [0, 0.05) is 26.8 Å². The molecule has 0 unspecified atom stereocenters. The molecule has 0 aromatic heterocycles. The molecule has 3 nitrogen and oxygen atoms in total. The number of hydrogen-bond acceptors (Lipinski definition) is 3. The first-order valence-corrected chi connectivity index (χ1v) is 5.58. The van der Waals surface area contributed by atoms with Crippen LogP contribution < -0.4 is 10.6 Å². The van der Waals surface area contributed by atoms with Crippen molar-refractivity contribution in [1.29, 1.82) is 0 Å². The van der Waals surface area contributed by atoms with Crippen LogP contribution in [0.25, 0.3) is 0 Å². The van der Waals surface area contributed by atoms with E-state index in [2.05, 4.69) is 0 Å². The number of anilines is 2. The molecule has 1 aromatic carbocycles. The number of likely N-dealkylation sites (N-methyl/N-ethyl adjacent to an activating group) is 1. The predicted molar refractivity (Wildman–Crippen MR) is 68.7 cm³/mol. The number of methoxy groups -OCH3 is 1. The van der Waals surface area contributed by atoms with Crippen LogP contribution in [0.1, 0.15) is 0 Å². The van der Waals surface area contributed by atoms with Crippen LogP contribution in [0.2, 0.25) is 0 Å². The third-order valence-electron chi connectivity index (χ3n) is 2.11. The van der Waals surface area contributed by atoms with Gasteiger partial charge in [-0.3, -0.25) is 0 Å². The highest BCUT2D eigenvalue weighted by atomic mass is 127. The summed E-state index contributed by atoms with van der Waals surface area (Å²) in [6, 6.07) is 3.08. The Morgan fingerprint density at radius 1 is 1.53 bits per heavy atom. The van der Waals surface area contributed by atoms with E-state index in [4.69, 9.17) is 10.5 Å². The van der Waals surface area contributed by atoms with Crippen LogP contribution in [0, 0.1) is 9.39 Å². The van der Waals surface area contributed by atoms with Crippen LogP contribution in [0.15, 0.2) is 12.1 Å². The number of nitrogen functional groups attached to an aromatic ring is 1. The minimum atomic E-state index is -0.246. The monoisotopic (exact) mass is 324 g/mol. The fourth-order valence-electron chi connectivity index (χ4n) is 1.23. The molecule has 5 heteroatoms. The summed E-state index contributed by atoms with van der Waals surface area (Å²) in [6.07, 6.45) is 0. The van der Waals surface area contributed by atoms with Crippen LogP contribution in [0.3, 0.4) is 0 Å². The van der Waals surface area contributed by atoms with E-state index >= 15 is 0 Å². The normalized spacial score (nSPS) is 10.4. The maximum absolute atomic E-state index is 13.3. The number of rotatable bonds is 4. The Hall–Kier alpha value is -0.560. The first kappa shape index (κ1) is 12.5. The second kappa shape index (κ2) is 5.50. The summed E-state index contributed by atoms with van der Waals surface area (Å²) < 4.78 is 18.8. The zero-order chi connectivity index (χ0) is 11.4. The number of ether oxygens (including phenoxy) is 1. The van der Waals surface area contributed by atoms with Crippen LogP contribution in [0.5, 0.6) is 0 Å². The molecule has 0 aliphatic heterocycles. The molecule has 84 valence electrons. The largest absolute Gasteiger partial charge is 0.397 e. The van der Waals surface area contributed by atoms with Crippen molar-refractivity contribution in [1.82, 2.24) is 0 Å². The van der Waals surface area contributed by atoms with E-state index in [1.165, 1.54) is 6.07 Å². The molecule has 0 bridgehead atoms. The molecule has 1 rings (SSSR count). The lowest BCUT2D eigenvalue weighted by Gasteiger charge is -2.20. The van der Waals surface area contributed by atoms with Gasteiger partial charge in [-0.2, -0.15) is 0 Å². The molecule has 0 radical (unpaired) electrons. The van der Waals surface area contributed by atoms with Gasteiger partial charge in [-0.05, 0) is 28.7 Å². The average molecular weight is 324 g/mol. The Kier molecular flexibility index (Phi) is 4.59. The van der Waals surface area contributed by atoms with Crippen molar-refractivity contribution in [2.75, 3.05) is 37.9 Å². The second-order valence-electron chi connectivity index (χ2n) is 3.24. The number of nitrogens with two attached hydrogens (primary N) is 1.